The molecule has 6 heteroatoms. The SMILES string of the molecule is CC(C)CC(C)(CN)NC(=O)Cc1ccc(Br)s1.Cl. The van der Waals surface area contributed by atoms with Gasteiger partial charge in [-0.3, -0.25) is 4.79 Å². The molecule has 1 atom stereocenters. The molecular formula is C13H22BrClN2OS. The number of hydrogen-bond acceptors (Lipinski definition) is 3. The van der Waals surface area contributed by atoms with Crippen molar-refractivity contribution >= 4 is 45.6 Å². The zero-order valence-corrected chi connectivity index (χ0v) is 14.8. The maximum Gasteiger partial charge on any atom is 0.225 e. The normalized spacial score (nSPS) is 13.8. The molecule has 1 rings (SSSR count). The number of nitrogens with one attached hydrogen (secondary N) is 1. The standard InChI is InChI=1S/C13H21BrN2OS.ClH/c1-9(2)7-13(3,8-15)16-12(17)6-10-4-5-11(14)18-10;/h4-5,9H,6-8,15H2,1-3H3,(H,16,17);1H. The number of carbonyl (C=O) groups excluding carboxylic acids is 1. The molecule has 19 heavy (non-hydrogen) atoms. The largest absolute Gasteiger partial charge is 0.349 e. The van der Waals surface area contributed by atoms with Crippen LogP contribution in [0.3, 0.4) is 0 Å². The molecule has 0 aliphatic heterocycles. The van der Waals surface area contributed by atoms with Crippen LogP contribution in [-0.2, 0) is 11.2 Å². The summed E-state index contributed by atoms with van der Waals surface area (Å²) < 4.78 is 1.05. The monoisotopic (exact) mass is 368 g/mol. The molecule has 0 radical (unpaired) electrons. The number of amides is 1. The van der Waals surface area contributed by atoms with E-state index in [-0.39, 0.29) is 23.9 Å². The predicted octanol–water partition coefficient (Wildman–Crippen LogP) is 3.35. The number of rotatable bonds is 6. The fourth-order valence-electron chi connectivity index (χ4n) is 2.07. The van der Waals surface area contributed by atoms with E-state index in [0.29, 0.717) is 18.9 Å². The van der Waals surface area contributed by atoms with E-state index in [4.69, 9.17) is 5.73 Å². The maximum absolute atomic E-state index is 12.0. The Balaban J connectivity index is 0.00000324. The average Bonchev–Trinajstić information content (AvgIpc) is 2.62. The van der Waals surface area contributed by atoms with E-state index in [2.05, 4.69) is 35.1 Å². The van der Waals surface area contributed by atoms with Crippen LogP contribution < -0.4 is 11.1 Å². The summed E-state index contributed by atoms with van der Waals surface area (Å²) in [6.45, 7) is 6.74. The fourth-order valence-corrected chi connectivity index (χ4v) is 3.55. The quantitative estimate of drug-likeness (QED) is 0.808. The number of nitrogens with two attached hydrogens (primary N) is 1. The van der Waals surface area contributed by atoms with Gasteiger partial charge in [0.25, 0.3) is 0 Å². The molecule has 0 bridgehead atoms. The number of thiophene rings is 1. The van der Waals surface area contributed by atoms with E-state index in [1.165, 1.54) is 0 Å². The van der Waals surface area contributed by atoms with Crippen molar-refractivity contribution < 1.29 is 4.79 Å². The van der Waals surface area contributed by atoms with Crippen molar-refractivity contribution in [2.24, 2.45) is 11.7 Å². The van der Waals surface area contributed by atoms with Crippen LogP contribution in [0.2, 0.25) is 0 Å². The molecule has 0 fully saturated rings. The Labute approximate surface area is 133 Å². The molecule has 1 unspecified atom stereocenters. The van der Waals surface area contributed by atoms with Crippen LogP contribution in [0.1, 0.15) is 32.1 Å². The molecule has 0 aromatic carbocycles. The second-order valence-corrected chi connectivity index (χ2v) is 7.84. The zero-order chi connectivity index (χ0) is 13.8. The second kappa shape index (κ2) is 8.25. The van der Waals surface area contributed by atoms with Crippen molar-refractivity contribution in [3.05, 3.63) is 20.8 Å². The summed E-state index contributed by atoms with van der Waals surface area (Å²) >= 11 is 4.98. The van der Waals surface area contributed by atoms with Crippen molar-refractivity contribution in [2.45, 2.75) is 39.2 Å². The Kier molecular flexibility index (Phi) is 8.20. The lowest BCUT2D eigenvalue weighted by Gasteiger charge is -2.31. The van der Waals surface area contributed by atoms with Gasteiger partial charge >= 0.3 is 0 Å². The molecule has 3 N–H and O–H groups in total. The Morgan fingerprint density at radius 1 is 1.53 bits per heavy atom. The smallest absolute Gasteiger partial charge is 0.225 e. The molecule has 1 heterocycles. The highest BCUT2D eigenvalue weighted by Crippen LogP contribution is 2.23. The summed E-state index contributed by atoms with van der Waals surface area (Å²) in [5.74, 6) is 0.549. The van der Waals surface area contributed by atoms with Crippen LogP contribution in [0.5, 0.6) is 0 Å². The van der Waals surface area contributed by atoms with Crippen LogP contribution in [-0.4, -0.2) is 18.0 Å². The minimum Gasteiger partial charge on any atom is -0.349 e. The van der Waals surface area contributed by atoms with E-state index in [0.717, 1.165) is 15.1 Å². The molecule has 1 aromatic rings. The maximum atomic E-state index is 12.0. The molecule has 0 aliphatic carbocycles. The van der Waals surface area contributed by atoms with E-state index in [9.17, 15) is 4.79 Å². The summed E-state index contributed by atoms with van der Waals surface area (Å²) in [5.41, 5.74) is 5.48. The lowest BCUT2D eigenvalue weighted by Crippen LogP contribution is -2.52. The number of halogens is 2. The Morgan fingerprint density at radius 2 is 2.16 bits per heavy atom. The van der Waals surface area contributed by atoms with Gasteiger partial charge in [0, 0.05) is 17.0 Å². The summed E-state index contributed by atoms with van der Waals surface area (Å²) in [6.07, 6.45) is 1.31. The first-order chi connectivity index (χ1) is 8.34. The summed E-state index contributed by atoms with van der Waals surface area (Å²) in [4.78, 5) is 13.1. The van der Waals surface area contributed by atoms with Crippen molar-refractivity contribution in [1.29, 1.82) is 0 Å². The highest BCUT2D eigenvalue weighted by molar-refractivity contribution is 9.11. The molecule has 0 aliphatic rings. The van der Waals surface area contributed by atoms with Crippen molar-refractivity contribution in [1.82, 2.24) is 5.32 Å². The molecule has 0 saturated carbocycles. The van der Waals surface area contributed by atoms with Crippen LogP contribution in [0, 0.1) is 5.92 Å². The van der Waals surface area contributed by atoms with Gasteiger partial charge in [-0.15, -0.1) is 23.7 Å². The molecule has 3 nitrogen and oxygen atoms in total. The third kappa shape index (κ3) is 6.75. The first-order valence-electron chi connectivity index (χ1n) is 6.10. The lowest BCUT2D eigenvalue weighted by atomic mass is 9.90. The van der Waals surface area contributed by atoms with Crippen molar-refractivity contribution in [2.75, 3.05) is 6.54 Å². The van der Waals surface area contributed by atoms with Gasteiger partial charge in [-0.1, -0.05) is 13.8 Å². The summed E-state index contributed by atoms with van der Waals surface area (Å²) in [6, 6.07) is 3.93. The van der Waals surface area contributed by atoms with Crippen LogP contribution >= 0.6 is 39.7 Å². The molecule has 0 spiro atoms. The average molecular weight is 370 g/mol. The van der Waals surface area contributed by atoms with Crippen LogP contribution in [0.4, 0.5) is 0 Å². The van der Waals surface area contributed by atoms with Gasteiger partial charge in [0.2, 0.25) is 5.91 Å². The highest BCUT2D eigenvalue weighted by atomic mass is 79.9. The first kappa shape index (κ1) is 18.9. The Morgan fingerprint density at radius 3 is 2.58 bits per heavy atom. The van der Waals surface area contributed by atoms with Gasteiger partial charge in [0.1, 0.15) is 0 Å². The third-order valence-electron chi connectivity index (χ3n) is 2.71. The van der Waals surface area contributed by atoms with Crippen LogP contribution in [0.25, 0.3) is 0 Å². The number of hydrogen-bond donors (Lipinski definition) is 2. The van der Waals surface area contributed by atoms with Gasteiger partial charge in [0.15, 0.2) is 0 Å². The predicted molar refractivity (Wildman–Crippen MR) is 88.0 cm³/mol. The van der Waals surface area contributed by atoms with Gasteiger partial charge in [-0.2, -0.15) is 0 Å². The lowest BCUT2D eigenvalue weighted by molar-refractivity contribution is -0.122. The Bertz CT molecular complexity index is 411. The van der Waals surface area contributed by atoms with Crippen molar-refractivity contribution in [3.8, 4) is 0 Å². The molecule has 1 aromatic heterocycles. The molecule has 1 amide bonds. The van der Waals surface area contributed by atoms with Gasteiger partial charge in [0.05, 0.1) is 10.2 Å². The van der Waals surface area contributed by atoms with E-state index in [1.807, 2.05) is 19.1 Å². The minimum absolute atomic E-state index is 0. The Hall–Kier alpha value is -0.100. The summed E-state index contributed by atoms with van der Waals surface area (Å²) in [7, 11) is 0. The minimum atomic E-state index is -0.306. The second-order valence-electron chi connectivity index (χ2n) is 5.29. The molecular weight excluding hydrogens is 348 g/mol. The molecule has 110 valence electrons. The number of carbonyl (C=O) groups is 1. The fraction of sp³-hybridized carbons (Fsp3) is 0.615. The van der Waals surface area contributed by atoms with E-state index in [1.54, 1.807) is 11.3 Å². The van der Waals surface area contributed by atoms with Gasteiger partial charge < -0.3 is 11.1 Å². The van der Waals surface area contributed by atoms with Gasteiger partial charge in [-0.05, 0) is 47.3 Å². The summed E-state index contributed by atoms with van der Waals surface area (Å²) in [5, 5.41) is 3.06. The van der Waals surface area contributed by atoms with E-state index >= 15 is 0 Å². The van der Waals surface area contributed by atoms with Gasteiger partial charge in [-0.25, -0.2) is 0 Å². The zero-order valence-electron chi connectivity index (χ0n) is 11.5. The van der Waals surface area contributed by atoms with Crippen molar-refractivity contribution in [3.63, 3.8) is 0 Å². The van der Waals surface area contributed by atoms with E-state index < -0.39 is 0 Å². The first-order valence-corrected chi connectivity index (χ1v) is 7.71. The highest BCUT2D eigenvalue weighted by Gasteiger charge is 2.25. The topological polar surface area (TPSA) is 55.1 Å². The van der Waals surface area contributed by atoms with Crippen LogP contribution in [0.15, 0.2) is 15.9 Å². The molecule has 0 saturated heterocycles. The third-order valence-corrected chi connectivity index (χ3v) is 4.34.